The van der Waals surface area contributed by atoms with Gasteiger partial charge in [-0.2, -0.15) is 4.37 Å². The van der Waals surface area contributed by atoms with Crippen LogP contribution in [0.3, 0.4) is 0 Å². The molecule has 0 N–H and O–H groups in total. The second kappa shape index (κ2) is 4.04. The molecule has 14 heavy (non-hydrogen) atoms. The summed E-state index contributed by atoms with van der Waals surface area (Å²) in [6.45, 7) is 2.01. The summed E-state index contributed by atoms with van der Waals surface area (Å²) < 4.78 is 4.24. The summed E-state index contributed by atoms with van der Waals surface area (Å²) >= 11 is 1.53. The van der Waals surface area contributed by atoms with E-state index < -0.39 is 0 Å². The minimum absolute atomic E-state index is 0. The fourth-order valence-corrected chi connectivity index (χ4v) is 1.86. The van der Waals surface area contributed by atoms with Gasteiger partial charge in [-0.1, -0.05) is 18.2 Å². The molecule has 1 aromatic rings. The molecule has 1 heterocycles. The standard InChI is InChI=1S/C11H9NS.Lr/c1-9-8-11(13-12-9)10-6-4-2-3-5-7-10;/h2-4,6-8H,1H3;. The van der Waals surface area contributed by atoms with Crippen molar-refractivity contribution in [3.05, 3.63) is 52.7 Å². The minimum atomic E-state index is 0. The van der Waals surface area contributed by atoms with Gasteiger partial charge in [0.05, 0.1) is 10.6 Å². The van der Waals surface area contributed by atoms with Crippen molar-refractivity contribution >= 4 is 17.1 Å². The topological polar surface area (TPSA) is 12.9 Å². The molecular formula is C11H9LrNS. The van der Waals surface area contributed by atoms with Crippen LogP contribution in [-0.2, 0) is 0 Å². The zero-order chi connectivity index (χ0) is 9.10. The van der Waals surface area contributed by atoms with Gasteiger partial charge in [0, 0.05) is 5.57 Å². The van der Waals surface area contributed by atoms with E-state index in [0.717, 1.165) is 5.69 Å². The quantitative estimate of drug-likeness (QED) is 0.601. The van der Waals surface area contributed by atoms with Crippen molar-refractivity contribution in [3.8, 4) is 0 Å². The van der Waals surface area contributed by atoms with Gasteiger partial charge in [-0.15, -0.1) is 5.73 Å². The average Bonchev–Trinajstić information content (AvgIpc) is 2.43. The second-order valence-electron chi connectivity index (χ2n) is 2.82. The van der Waals surface area contributed by atoms with Crippen molar-refractivity contribution in [2.24, 2.45) is 0 Å². The molecule has 0 bridgehead atoms. The maximum atomic E-state index is 4.24. The van der Waals surface area contributed by atoms with Crippen molar-refractivity contribution in [1.29, 1.82) is 0 Å². The number of aryl methyl sites for hydroxylation is 1. The van der Waals surface area contributed by atoms with Crippen molar-refractivity contribution in [2.75, 3.05) is 0 Å². The smallest absolute Gasteiger partial charge is 0.0558 e. The number of hydrogen-bond acceptors (Lipinski definition) is 2. The summed E-state index contributed by atoms with van der Waals surface area (Å²) in [6, 6.07) is 2.09. The van der Waals surface area contributed by atoms with Crippen molar-refractivity contribution < 1.29 is 0 Å². The van der Waals surface area contributed by atoms with Crippen LogP contribution in [0.4, 0.5) is 0 Å². The molecule has 1 nitrogen and oxygen atoms in total. The Morgan fingerprint density at radius 2 is 2.21 bits per heavy atom. The second-order valence-corrected chi connectivity index (χ2v) is 3.62. The summed E-state index contributed by atoms with van der Waals surface area (Å²) in [4.78, 5) is 1.20. The first-order valence-electron chi connectivity index (χ1n) is 4.09. The Labute approximate surface area is 81.6 Å². The van der Waals surface area contributed by atoms with Crippen molar-refractivity contribution in [2.45, 2.75) is 6.92 Å². The van der Waals surface area contributed by atoms with Crippen molar-refractivity contribution in [3.63, 3.8) is 0 Å². The molecule has 1 aromatic heterocycles. The maximum absolute atomic E-state index is 4.24. The van der Waals surface area contributed by atoms with Gasteiger partial charge in [-0.3, -0.25) is 0 Å². The third-order valence-electron chi connectivity index (χ3n) is 1.73. The molecule has 1 radical (unpaired) electrons. The first-order chi connectivity index (χ1) is 6.36. The molecule has 1 aliphatic carbocycles. The van der Waals surface area contributed by atoms with Gasteiger partial charge in [0.1, 0.15) is 0 Å². The van der Waals surface area contributed by atoms with E-state index in [2.05, 4.69) is 22.2 Å². The molecule has 0 saturated carbocycles. The van der Waals surface area contributed by atoms with Crippen LogP contribution in [0, 0.1) is 6.92 Å². The normalized spacial score (nSPS) is 13.4. The van der Waals surface area contributed by atoms with E-state index >= 15 is 0 Å². The SMILES string of the molecule is Cc1cc(C2=CC=CC=C=C2)sn1.[Lr]. The Morgan fingerprint density at radius 1 is 1.36 bits per heavy atom. The molecule has 0 spiro atoms. The summed E-state index contributed by atoms with van der Waals surface area (Å²) in [6.07, 6.45) is 9.94. The molecule has 79 valence electrons. The van der Waals surface area contributed by atoms with Gasteiger partial charge in [-0.05, 0) is 36.7 Å². The fraction of sp³-hybridized carbons (Fsp3) is 0.0909. The number of hydrogen-bond donors (Lipinski definition) is 0. The van der Waals surface area contributed by atoms with E-state index in [1.807, 2.05) is 31.2 Å². The number of allylic oxidation sites excluding steroid dienone is 5. The molecular weight excluding hydrogens is 440 g/mol. The van der Waals surface area contributed by atoms with Crippen molar-refractivity contribution in [1.82, 2.24) is 4.37 Å². The van der Waals surface area contributed by atoms with Crippen LogP contribution in [0.1, 0.15) is 10.6 Å². The van der Waals surface area contributed by atoms with E-state index in [0.29, 0.717) is 0 Å². The van der Waals surface area contributed by atoms with E-state index in [4.69, 9.17) is 0 Å². The summed E-state index contributed by atoms with van der Waals surface area (Å²) in [5.41, 5.74) is 5.33. The van der Waals surface area contributed by atoms with Crippen LogP contribution in [0.2, 0.25) is 0 Å². The molecule has 3 heteroatoms. The van der Waals surface area contributed by atoms with E-state index in [9.17, 15) is 0 Å². The third kappa shape index (κ3) is 1.86. The van der Waals surface area contributed by atoms with Crippen LogP contribution in [-0.4, -0.2) is 4.37 Å². The average molecular weight is 449 g/mol. The number of aromatic nitrogens is 1. The van der Waals surface area contributed by atoms with Crippen LogP contribution >= 0.6 is 11.5 Å². The largest absolute Gasteiger partial charge is 0.197 e. The predicted molar refractivity (Wildman–Crippen MR) is 56.6 cm³/mol. The van der Waals surface area contributed by atoms with Gasteiger partial charge in [0.2, 0.25) is 0 Å². The summed E-state index contributed by atoms with van der Waals surface area (Å²) in [5, 5.41) is 0. The first-order valence-corrected chi connectivity index (χ1v) is 4.87. The Bertz CT molecular complexity index is 434. The van der Waals surface area contributed by atoms with Crippen LogP contribution in [0.15, 0.2) is 42.2 Å². The molecule has 0 fully saturated rings. The number of nitrogens with zero attached hydrogens (tertiary/aromatic N) is 1. The van der Waals surface area contributed by atoms with Gasteiger partial charge < -0.3 is 0 Å². The molecule has 2 rings (SSSR count). The van der Waals surface area contributed by atoms with E-state index in [-0.39, 0.29) is 0 Å². The molecule has 0 aliphatic heterocycles. The molecule has 0 saturated heterocycles. The summed E-state index contributed by atoms with van der Waals surface area (Å²) in [7, 11) is 0. The monoisotopic (exact) mass is 449 g/mol. The molecule has 0 atom stereocenters. The van der Waals surface area contributed by atoms with Crippen LogP contribution in [0.25, 0.3) is 5.57 Å². The van der Waals surface area contributed by atoms with Gasteiger partial charge in [-0.25, -0.2) is 0 Å². The zero-order valence-electron chi connectivity index (χ0n) is 7.58. The first kappa shape index (κ1) is 9.72. The Hall–Kier alpha value is -2.37. The fourth-order valence-electron chi connectivity index (χ4n) is 1.11. The van der Waals surface area contributed by atoms with Crippen LogP contribution in [0.5, 0.6) is 0 Å². The summed E-state index contributed by atoms with van der Waals surface area (Å²) in [5.74, 6) is 0. The molecule has 0 amide bonds. The van der Waals surface area contributed by atoms with E-state index in [1.165, 1.54) is 22.0 Å². The third-order valence-corrected chi connectivity index (χ3v) is 2.66. The van der Waals surface area contributed by atoms with E-state index in [1.54, 1.807) is 0 Å². The van der Waals surface area contributed by atoms with Crippen LogP contribution < -0.4 is 0 Å². The van der Waals surface area contributed by atoms with Gasteiger partial charge >= 0.3 is 0 Å². The predicted octanol–water partition coefficient (Wildman–Crippen LogP) is 3.12. The molecule has 0 aromatic carbocycles. The zero-order valence-corrected chi connectivity index (χ0v) is 10.5. The number of rotatable bonds is 1. The van der Waals surface area contributed by atoms with Gasteiger partial charge in [0.25, 0.3) is 0 Å². The molecule has 0 unspecified atom stereocenters. The maximum Gasteiger partial charge on any atom is 0.0558 e. The minimum Gasteiger partial charge on any atom is -0.197 e. The van der Waals surface area contributed by atoms with Gasteiger partial charge in [0.15, 0.2) is 0 Å². The Balaban J connectivity index is 0.000000980. The molecule has 1 aliphatic rings. The Morgan fingerprint density at radius 3 is 2.93 bits per heavy atom. The Kier molecular flexibility index (Phi) is 2.80.